The molecule has 1 aliphatic carbocycles. The van der Waals surface area contributed by atoms with E-state index >= 15 is 0 Å². The van der Waals surface area contributed by atoms with E-state index in [4.69, 9.17) is 4.74 Å². The van der Waals surface area contributed by atoms with Gasteiger partial charge in [-0.25, -0.2) is 0 Å². The minimum Gasteiger partial charge on any atom is -0.497 e. The maximum Gasteiger partial charge on any atom is 0.244 e. The molecule has 3 N–H and O–H groups in total. The molecule has 2 aromatic rings. The van der Waals surface area contributed by atoms with E-state index in [9.17, 15) is 14.7 Å². The van der Waals surface area contributed by atoms with Crippen molar-refractivity contribution in [2.45, 2.75) is 31.5 Å². The lowest BCUT2D eigenvalue weighted by molar-refractivity contribution is -0.125. The monoisotopic (exact) mass is 394 g/mol. The number of amides is 2. The molecule has 0 saturated heterocycles. The minimum absolute atomic E-state index is 0.114. The maximum absolute atomic E-state index is 12.5. The molecule has 6 nitrogen and oxygen atoms in total. The smallest absolute Gasteiger partial charge is 0.244 e. The Balaban J connectivity index is 1.47. The number of carbonyl (C=O) groups excluding carboxylic acids is 2. The molecule has 2 amide bonds. The molecule has 3 atom stereocenters. The van der Waals surface area contributed by atoms with E-state index < -0.39 is 12.1 Å². The van der Waals surface area contributed by atoms with Gasteiger partial charge in [0.2, 0.25) is 11.8 Å². The summed E-state index contributed by atoms with van der Waals surface area (Å²) in [5, 5.41) is 16.0. The second-order valence-electron chi connectivity index (χ2n) is 7.16. The largest absolute Gasteiger partial charge is 0.497 e. The number of ether oxygens (including phenoxy) is 1. The Labute approximate surface area is 170 Å². The first-order valence-corrected chi connectivity index (χ1v) is 9.67. The highest BCUT2D eigenvalue weighted by atomic mass is 16.5. The molecule has 1 aliphatic rings. The van der Waals surface area contributed by atoms with E-state index in [1.165, 1.54) is 6.08 Å². The van der Waals surface area contributed by atoms with Crippen LogP contribution >= 0.6 is 0 Å². The van der Waals surface area contributed by atoms with Crippen LogP contribution in [0.4, 0.5) is 0 Å². The van der Waals surface area contributed by atoms with E-state index in [-0.39, 0.29) is 17.7 Å². The summed E-state index contributed by atoms with van der Waals surface area (Å²) in [5.74, 6) is 0.0409. The number of aliphatic hydroxyl groups is 1. The lowest BCUT2D eigenvalue weighted by atomic mass is 10.1. The van der Waals surface area contributed by atoms with Crippen molar-refractivity contribution in [1.82, 2.24) is 10.6 Å². The third-order valence-corrected chi connectivity index (χ3v) is 5.08. The van der Waals surface area contributed by atoms with Crippen molar-refractivity contribution >= 4 is 17.9 Å². The topological polar surface area (TPSA) is 87.7 Å². The van der Waals surface area contributed by atoms with Gasteiger partial charge in [0, 0.05) is 18.5 Å². The number of methoxy groups -OCH3 is 1. The maximum atomic E-state index is 12.5. The van der Waals surface area contributed by atoms with Gasteiger partial charge in [0.15, 0.2) is 0 Å². The normalized spacial score (nSPS) is 21.1. The van der Waals surface area contributed by atoms with E-state index in [0.717, 1.165) is 16.9 Å². The van der Waals surface area contributed by atoms with Gasteiger partial charge >= 0.3 is 0 Å². The van der Waals surface area contributed by atoms with E-state index in [2.05, 4.69) is 10.6 Å². The van der Waals surface area contributed by atoms with E-state index in [1.54, 1.807) is 13.2 Å². The molecule has 0 aromatic heterocycles. The average Bonchev–Trinajstić information content (AvgIpc) is 3.12. The highest BCUT2D eigenvalue weighted by Gasteiger charge is 2.37. The zero-order valence-electron chi connectivity index (χ0n) is 16.4. The summed E-state index contributed by atoms with van der Waals surface area (Å²) < 4.78 is 5.12. The molecular formula is C23H26N2O4. The van der Waals surface area contributed by atoms with Crippen LogP contribution in [0.2, 0.25) is 0 Å². The highest BCUT2D eigenvalue weighted by Crippen LogP contribution is 2.26. The van der Waals surface area contributed by atoms with Crippen LogP contribution in [0.1, 0.15) is 24.0 Å². The number of rotatable bonds is 7. The third kappa shape index (κ3) is 5.93. The second-order valence-corrected chi connectivity index (χ2v) is 7.16. The van der Waals surface area contributed by atoms with Gasteiger partial charge in [0.05, 0.1) is 19.3 Å². The van der Waals surface area contributed by atoms with Gasteiger partial charge in [-0.05, 0) is 42.2 Å². The SMILES string of the molecule is COc1ccc(CNC(=O)[C@H]2C[C@H](NC(=O)/C=C/c3ccccc3)[C@@H](O)C2)cc1. The predicted octanol–water partition coefficient (Wildman–Crippen LogP) is 2.28. The fourth-order valence-electron chi connectivity index (χ4n) is 3.43. The van der Waals surface area contributed by atoms with Gasteiger partial charge in [0.25, 0.3) is 0 Å². The Morgan fingerprint density at radius 3 is 2.52 bits per heavy atom. The average molecular weight is 394 g/mol. The van der Waals surface area contributed by atoms with Crippen LogP contribution in [-0.4, -0.2) is 36.2 Å². The van der Waals surface area contributed by atoms with Crippen molar-refractivity contribution in [2.24, 2.45) is 5.92 Å². The predicted molar refractivity (Wildman–Crippen MR) is 111 cm³/mol. The van der Waals surface area contributed by atoms with Crippen molar-refractivity contribution in [3.63, 3.8) is 0 Å². The standard InChI is InChI=1S/C23H26N2O4/c1-29-19-10-7-17(8-11-19)15-24-23(28)18-13-20(21(26)14-18)25-22(27)12-9-16-5-3-2-4-6-16/h2-12,18,20-21,26H,13-15H2,1H3,(H,24,28)(H,25,27)/b12-9+/t18-,20-,21-/m0/s1. The second kappa shape index (κ2) is 9.89. The number of hydrogen-bond acceptors (Lipinski definition) is 4. The van der Waals surface area contributed by atoms with Gasteiger partial charge < -0.3 is 20.5 Å². The Bertz CT molecular complexity index is 849. The van der Waals surface area contributed by atoms with Crippen molar-refractivity contribution < 1.29 is 19.4 Å². The summed E-state index contributed by atoms with van der Waals surface area (Å²) in [7, 11) is 1.61. The molecule has 152 valence electrons. The number of nitrogens with one attached hydrogen (secondary N) is 2. The van der Waals surface area contributed by atoms with Crippen LogP contribution in [0.5, 0.6) is 5.75 Å². The van der Waals surface area contributed by atoms with Gasteiger partial charge in [0.1, 0.15) is 5.75 Å². The molecule has 0 aliphatic heterocycles. The van der Waals surface area contributed by atoms with Gasteiger partial charge in [-0.2, -0.15) is 0 Å². The van der Waals surface area contributed by atoms with Gasteiger partial charge in [-0.1, -0.05) is 42.5 Å². The summed E-state index contributed by atoms with van der Waals surface area (Å²) >= 11 is 0. The van der Waals surface area contributed by atoms with Crippen molar-refractivity contribution in [3.05, 3.63) is 71.8 Å². The zero-order valence-corrected chi connectivity index (χ0v) is 16.4. The quantitative estimate of drug-likeness (QED) is 0.629. The van der Waals surface area contributed by atoms with Crippen molar-refractivity contribution in [2.75, 3.05) is 7.11 Å². The Hall–Kier alpha value is -3.12. The molecular weight excluding hydrogens is 368 g/mol. The Morgan fingerprint density at radius 1 is 1.10 bits per heavy atom. The molecule has 6 heteroatoms. The van der Waals surface area contributed by atoms with Crippen LogP contribution in [0, 0.1) is 5.92 Å². The summed E-state index contributed by atoms with van der Waals surface area (Å²) in [6.45, 7) is 0.409. The fraction of sp³-hybridized carbons (Fsp3) is 0.304. The van der Waals surface area contributed by atoms with Crippen LogP contribution in [0.25, 0.3) is 6.08 Å². The highest BCUT2D eigenvalue weighted by molar-refractivity contribution is 5.92. The van der Waals surface area contributed by atoms with Crippen molar-refractivity contribution in [1.29, 1.82) is 0 Å². The third-order valence-electron chi connectivity index (χ3n) is 5.08. The van der Waals surface area contributed by atoms with Crippen LogP contribution in [0.15, 0.2) is 60.7 Å². The summed E-state index contributed by atoms with van der Waals surface area (Å²) in [6.07, 6.45) is 3.18. The van der Waals surface area contributed by atoms with Crippen LogP contribution in [0.3, 0.4) is 0 Å². The molecule has 0 bridgehead atoms. The lowest BCUT2D eigenvalue weighted by Crippen LogP contribution is -2.39. The first-order chi connectivity index (χ1) is 14.0. The first-order valence-electron chi connectivity index (χ1n) is 9.67. The molecule has 0 spiro atoms. The van der Waals surface area contributed by atoms with E-state index in [0.29, 0.717) is 19.4 Å². The van der Waals surface area contributed by atoms with Crippen LogP contribution < -0.4 is 15.4 Å². The molecule has 2 aromatic carbocycles. The number of hydrogen-bond donors (Lipinski definition) is 3. The Morgan fingerprint density at radius 2 is 1.83 bits per heavy atom. The zero-order chi connectivity index (χ0) is 20.6. The van der Waals surface area contributed by atoms with Gasteiger partial charge in [-0.3, -0.25) is 9.59 Å². The summed E-state index contributed by atoms with van der Waals surface area (Å²) in [6, 6.07) is 16.5. The molecule has 0 unspecified atom stereocenters. The minimum atomic E-state index is -0.735. The number of aliphatic hydroxyl groups excluding tert-OH is 1. The van der Waals surface area contributed by atoms with Crippen LogP contribution in [-0.2, 0) is 16.1 Å². The molecule has 0 radical (unpaired) electrons. The molecule has 29 heavy (non-hydrogen) atoms. The van der Waals surface area contributed by atoms with Gasteiger partial charge in [-0.15, -0.1) is 0 Å². The van der Waals surface area contributed by atoms with E-state index in [1.807, 2.05) is 54.6 Å². The molecule has 1 saturated carbocycles. The summed E-state index contributed by atoms with van der Waals surface area (Å²) in [4.78, 5) is 24.6. The fourth-order valence-corrected chi connectivity index (χ4v) is 3.43. The number of benzene rings is 2. The summed E-state index contributed by atoms with van der Waals surface area (Å²) in [5.41, 5.74) is 1.89. The molecule has 1 fully saturated rings. The lowest BCUT2D eigenvalue weighted by Gasteiger charge is -2.15. The first kappa shape index (κ1) is 20.6. The molecule has 0 heterocycles. The van der Waals surface area contributed by atoms with Crippen molar-refractivity contribution in [3.8, 4) is 5.75 Å². The number of carbonyl (C=O) groups is 2. The Kier molecular flexibility index (Phi) is 7.03. The molecule has 3 rings (SSSR count).